The van der Waals surface area contributed by atoms with Crippen molar-refractivity contribution >= 4 is 39.3 Å². The smallest absolute Gasteiger partial charge is 0.264 e. The number of nitrogens with two attached hydrogens (primary N) is 1. The number of amides is 4. The van der Waals surface area contributed by atoms with Crippen molar-refractivity contribution in [3.05, 3.63) is 24.3 Å². The van der Waals surface area contributed by atoms with Crippen LogP contribution in [0, 0.1) is 23.7 Å². The molecule has 8 atom stereocenters. The summed E-state index contributed by atoms with van der Waals surface area (Å²) in [4.78, 5) is 60.0. The van der Waals surface area contributed by atoms with Gasteiger partial charge in [0.15, 0.2) is 0 Å². The lowest BCUT2D eigenvalue weighted by Crippen LogP contribution is -2.59. The molecule has 0 aromatic heterocycles. The van der Waals surface area contributed by atoms with Crippen LogP contribution in [0.5, 0.6) is 0 Å². The normalized spacial score (nSPS) is 19.1. The van der Waals surface area contributed by atoms with Crippen LogP contribution in [0.2, 0.25) is 0 Å². The maximum atomic E-state index is 14.2. The van der Waals surface area contributed by atoms with E-state index in [1.54, 1.807) is 23.8 Å². The quantitative estimate of drug-likeness (QED) is 0.178. The first kappa shape index (κ1) is 44.9. The van der Waals surface area contributed by atoms with Gasteiger partial charge in [0.2, 0.25) is 23.6 Å². The molecule has 0 saturated carbocycles. The van der Waals surface area contributed by atoms with Crippen LogP contribution in [0.1, 0.15) is 74.1 Å². The fraction of sp³-hybridized carbons (Fsp3) is 0.730. The maximum Gasteiger partial charge on any atom is 0.264 e. The van der Waals surface area contributed by atoms with E-state index in [1.165, 1.54) is 38.5 Å². The Morgan fingerprint density at radius 1 is 0.942 bits per heavy atom. The summed E-state index contributed by atoms with van der Waals surface area (Å²) in [5, 5.41) is 3.01. The third-order valence-electron chi connectivity index (χ3n) is 10.4. The molecule has 0 radical (unpaired) electrons. The first-order valence-corrected chi connectivity index (χ1v) is 19.7. The zero-order valence-electron chi connectivity index (χ0n) is 33.2. The molecule has 14 nitrogen and oxygen atoms in total. The highest BCUT2D eigenvalue weighted by atomic mass is 32.2. The number of ether oxygens (including phenoxy) is 2. The number of methoxy groups -OCH3 is 2. The van der Waals surface area contributed by atoms with Crippen LogP contribution in [-0.2, 0) is 38.7 Å². The number of likely N-dealkylation sites (tertiary alicyclic amines) is 1. The molecule has 1 aliphatic rings. The summed E-state index contributed by atoms with van der Waals surface area (Å²) >= 11 is 0. The minimum Gasteiger partial charge on any atom is -0.399 e. The summed E-state index contributed by atoms with van der Waals surface area (Å²) in [7, 11) is 4.16. The van der Waals surface area contributed by atoms with Gasteiger partial charge in [0.05, 0.1) is 47.6 Å². The van der Waals surface area contributed by atoms with Gasteiger partial charge < -0.3 is 30.3 Å². The zero-order chi connectivity index (χ0) is 39.7. The monoisotopic (exact) mass is 752 g/mol. The molecule has 1 aromatic rings. The Morgan fingerprint density at radius 2 is 1.54 bits per heavy atom. The van der Waals surface area contributed by atoms with Crippen LogP contribution in [-0.4, -0.2) is 125 Å². The van der Waals surface area contributed by atoms with E-state index in [0.717, 1.165) is 0 Å². The molecule has 1 fully saturated rings. The van der Waals surface area contributed by atoms with E-state index in [-0.39, 0.29) is 46.8 Å². The third-order valence-corrected chi connectivity index (χ3v) is 11.7. The zero-order valence-corrected chi connectivity index (χ0v) is 34.0. The Kier molecular flexibility index (Phi) is 17.0. The fourth-order valence-corrected chi connectivity index (χ4v) is 8.41. The topological polar surface area (TPSA) is 181 Å². The summed E-state index contributed by atoms with van der Waals surface area (Å²) in [5.74, 6) is -2.64. The Morgan fingerprint density at radius 3 is 2.02 bits per heavy atom. The van der Waals surface area contributed by atoms with Crippen LogP contribution in [0.4, 0.5) is 5.69 Å². The standard InChI is InChI=1S/C37H64N6O8S/c1-13-24(6)33(42(10)37(47)31(22(2)3)39-36(46)32(23(4)5)41(8)9)29(50-11)21-30(44)43-20-14-15-28(43)34(51-12)25(7)35(45)40-52(48,49)27-18-16-26(38)17-19-27/h16-19,22-25,28-29,31-34H,13-15,20-21,38H2,1-12H3,(H,39,46)(H,40,45)/t24-,25-,28+,29-,31?,32+,33+,34-/m1/s1. The highest BCUT2D eigenvalue weighted by Crippen LogP contribution is 2.30. The number of rotatable bonds is 19. The molecule has 0 spiro atoms. The number of likely N-dealkylation sites (N-methyl/N-ethyl adjacent to an activating group) is 2. The number of nitrogen functional groups attached to an aromatic ring is 1. The average molecular weight is 753 g/mol. The molecule has 0 aliphatic carbocycles. The van der Waals surface area contributed by atoms with E-state index in [0.29, 0.717) is 31.5 Å². The molecule has 52 heavy (non-hydrogen) atoms. The van der Waals surface area contributed by atoms with Gasteiger partial charge in [-0.15, -0.1) is 0 Å². The summed E-state index contributed by atoms with van der Waals surface area (Å²) in [6.45, 7) is 13.7. The van der Waals surface area contributed by atoms with Crippen molar-refractivity contribution in [2.24, 2.45) is 23.7 Å². The van der Waals surface area contributed by atoms with Crippen molar-refractivity contribution in [3.63, 3.8) is 0 Å². The molecule has 1 heterocycles. The number of hydrogen-bond donors (Lipinski definition) is 3. The maximum absolute atomic E-state index is 14.2. The SMILES string of the molecule is CC[C@@H](C)[C@@H]([C@@H](CC(=O)N1CCC[C@H]1[C@H](OC)[C@@H](C)C(=O)NS(=O)(=O)c1ccc(N)cc1)OC)N(C)C(=O)C(NC(=O)[C@H](C(C)C)N(C)C)C(C)C. The number of nitrogens with one attached hydrogen (secondary N) is 2. The molecule has 15 heteroatoms. The lowest BCUT2D eigenvalue weighted by atomic mass is 9.89. The molecule has 2 rings (SSSR count). The number of nitrogens with zero attached hydrogens (tertiary/aromatic N) is 3. The van der Waals surface area contributed by atoms with Crippen molar-refractivity contribution in [2.45, 2.75) is 115 Å². The summed E-state index contributed by atoms with van der Waals surface area (Å²) in [6, 6.07) is 3.30. The minimum absolute atomic E-state index is 0.0273. The summed E-state index contributed by atoms with van der Waals surface area (Å²) in [5.41, 5.74) is 6.07. The molecule has 1 aliphatic heterocycles. The predicted octanol–water partition coefficient (Wildman–Crippen LogP) is 2.72. The Bertz CT molecular complexity index is 1450. The van der Waals surface area contributed by atoms with Gasteiger partial charge in [-0.25, -0.2) is 13.1 Å². The van der Waals surface area contributed by atoms with Crippen LogP contribution >= 0.6 is 0 Å². The molecule has 4 N–H and O–H groups in total. The number of sulfonamides is 1. The van der Waals surface area contributed by atoms with Crippen molar-refractivity contribution in [1.29, 1.82) is 0 Å². The van der Waals surface area contributed by atoms with E-state index in [2.05, 4.69) is 10.0 Å². The van der Waals surface area contributed by atoms with Gasteiger partial charge in [-0.1, -0.05) is 54.9 Å². The average Bonchev–Trinajstić information content (AvgIpc) is 3.55. The first-order chi connectivity index (χ1) is 24.2. The highest BCUT2D eigenvalue weighted by Gasteiger charge is 2.43. The molecule has 296 valence electrons. The van der Waals surface area contributed by atoms with Gasteiger partial charge in [-0.3, -0.25) is 24.1 Å². The van der Waals surface area contributed by atoms with E-state index in [4.69, 9.17) is 15.2 Å². The Balaban J connectivity index is 2.29. The largest absolute Gasteiger partial charge is 0.399 e. The lowest BCUT2D eigenvalue weighted by molar-refractivity contribution is -0.148. The number of carbonyl (C=O) groups is 4. The van der Waals surface area contributed by atoms with Crippen LogP contribution in [0.3, 0.4) is 0 Å². The minimum atomic E-state index is -4.17. The number of anilines is 1. The molecule has 1 saturated heterocycles. The van der Waals surface area contributed by atoms with Gasteiger partial charge in [-0.05, 0) is 69.0 Å². The molecule has 1 aromatic carbocycles. The summed E-state index contributed by atoms with van der Waals surface area (Å²) < 4.78 is 39.8. The van der Waals surface area contributed by atoms with Gasteiger partial charge in [-0.2, -0.15) is 0 Å². The molecular formula is C37H64N6O8S. The lowest BCUT2D eigenvalue weighted by Gasteiger charge is -2.41. The molecule has 1 unspecified atom stereocenters. The third kappa shape index (κ3) is 11.1. The number of carbonyl (C=O) groups excluding carboxylic acids is 4. The molecule has 4 amide bonds. The van der Waals surface area contributed by atoms with Crippen LogP contribution in [0.15, 0.2) is 29.2 Å². The number of hydrogen-bond acceptors (Lipinski definition) is 10. The highest BCUT2D eigenvalue weighted by molar-refractivity contribution is 7.90. The van der Waals surface area contributed by atoms with Crippen molar-refractivity contribution < 1.29 is 37.1 Å². The Hall–Kier alpha value is -3.27. The van der Waals surface area contributed by atoms with Crippen LogP contribution in [0.25, 0.3) is 0 Å². The van der Waals surface area contributed by atoms with Gasteiger partial charge >= 0.3 is 0 Å². The van der Waals surface area contributed by atoms with E-state index in [1.807, 2.05) is 60.5 Å². The fourth-order valence-electron chi connectivity index (χ4n) is 7.34. The molecule has 0 bridgehead atoms. The summed E-state index contributed by atoms with van der Waals surface area (Å²) in [6.07, 6.45) is 0.400. The Labute approximate surface area is 311 Å². The van der Waals surface area contributed by atoms with E-state index >= 15 is 0 Å². The van der Waals surface area contributed by atoms with Crippen molar-refractivity contribution in [3.8, 4) is 0 Å². The first-order valence-electron chi connectivity index (χ1n) is 18.2. The second kappa shape index (κ2) is 19.7. The van der Waals surface area contributed by atoms with Crippen molar-refractivity contribution in [1.82, 2.24) is 24.7 Å². The van der Waals surface area contributed by atoms with Gasteiger partial charge in [0.25, 0.3) is 10.0 Å². The number of benzene rings is 1. The van der Waals surface area contributed by atoms with Gasteiger partial charge in [0, 0.05) is 33.5 Å². The van der Waals surface area contributed by atoms with E-state index in [9.17, 15) is 27.6 Å². The predicted molar refractivity (Wildman–Crippen MR) is 201 cm³/mol. The second-order valence-corrected chi connectivity index (χ2v) is 16.7. The molecular weight excluding hydrogens is 689 g/mol. The van der Waals surface area contributed by atoms with Crippen molar-refractivity contribution in [2.75, 3.05) is 47.6 Å². The second-order valence-electron chi connectivity index (χ2n) is 15.0. The van der Waals surface area contributed by atoms with Crippen LogP contribution < -0.4 is 15.8 Å². The van der Waals surface area contributed by atoms with E-state index < -0.39 is 58.2 Å². The van der Waals surface area contributed by atoms with Gasteiger partial charge in [0.1, 0.15) is 6.04 Å².